The Balaban J connectivity index is 1.58. The number of fused-ring (bicyclic) bond motifs is 1. The Bertz CT molecular complexity index is 1380. The molecule has 0 atom stereocenters. The minimum atomic E-state index is -2.79. The van der Waals surface area contributed by atoms with Crippen LogP contribution >= 0.6 is 0 Å². The molecule has 9 nitrogen and oxygen atoms in total. The fraction of sp³-hybridized carbons (Fsp3) is 0.364. The van der Waals surface area contributed by atoms with Crippen molar-refractivity contribution in [3.63, 3.8) is 0 Å². The Kier molecular flexibility index (Phi) is 3.33. The van der Waals surface area contributed by atoms with Crippen LogP contribution in [-0.2, 0) is 4.79 Å². The minimum Gasteiger partial charge on any atom is -0.492 e. The summed E-state index contributed by atoms with van der Waals surface area (Å²) in [7, 11) is -2.79. The van der Waals surface area contributed by atoms with E-state index in [-0.39, 0.29) is 46.4 Å². The zero-order valence-electron chi connectivity index (χ0n) is 22.4. The molecule has 0 spiro atoms. The van der Waals surface area contributed by atoms with E-state index in [1.54, 1.807) is 23.0 Å². The van der Waals surface area contributed by atoms with Crippen LogP contribution in [-0.4, -0.2) is 40.6 Å². The van der Waals surface area contributed by atoms with Crippen LogP contribution in [0.3, 0.4) is 0 Å². The van der Waals surface area contributed by atoms with Gasteiger partial charge in [-0.25, -0.2) is 4.98 Å². The van der Waals surface area contributed by atoms with E-state index in [9.17, 15) is 9.59 Å². The molecule has 0 aliphatic heterocycles. The first kappa shape index (κ1) is 13.6. The Labute approximate surface area is 187 Å². The molecule has 2 saturated carbocycles. The molecule has 2 amide bonds. The average molecular weight is 427 g/mol. The van der Waals surface area contributed by atoms with Crippen molar-refractivity contribution < 1.29 is 22.6 Å². The maximum atomic E-state index is 12.8. The van der Waals surface area contributed by atoms with Crippen molar-refractivity contribution in [3.05, 3.63) is 36.2 Å². The first-order chi connectivity index (χ1) is 17.4. The lowest BCUT2D eigenvalue weighted by Gasteiger charge is -2.16. The van der Waals surface area contributed by atoms with E-state index in [0.29, 0.717) is 10.9 Å². The first-order valence-electron chi connectivity index (χ1n) is 13.0. The summed E-state index contributed by atoms with van der Waals surface area (Å²) in [5.74, 6) is -1.09. The molecule has 0 unspecified atom stereocenters. The smallest absolute Gasteiger partial charge is 0.254 e. The standard InChI is InChI=1S/C22H24N6O3/c1-23-22(30)15-11-24-18(27-21(29)12-3-4-12)9-17(15)26-16-8-5-13-10-25-28(14-6-7-14)19(13)20(16)31-2/h5,8-12,14H,3-4,6-7H2,1-2H3,(H,23,30)(H2,24,26,27,29)/i1D3,2D3. The van der Waals surface area contributed by atoms with Crippen molar-refractivity contribution in [2.45, 2.75) is 31.7 Å². The maximum absolute atomic E-state index is 12.8. The lowest BCUT2D eigenvalue weighted by atomic mass is 10.1. The second-order valence-corrected chi connectivity index (χ2v) is 7.76. The van der Waals surface area contributed by atoms with Gasteiger partial charge in [0.15, 0.2) is 5.75 Å². The van der Waals surface area contributed by atoms with E-state index in [2.05, 4.69) is 20.7 Å². The lowest BCUT2D eigenvalue weighted by Crippen LogP contribution is -2.20. The quantitative estimate of drug-likeness (QED) is 0.535. The van der Waals surface area contributed by atoms with Crippen molar-refractivity contribution in [2.24, 2.45) is 5.92 Å². The summed E-state index contributed by atoms with van der Waals surface area (Å²) in [6, 6.07) is 4.82. The molecule has 0 bridgehead atoms. The molecule has 9 heteroatoms. The van der Waals surface area contributed by atoms with Crippen molar-refractivity contribution in [3.8, 4) is 5.75 Å². The van der Waals surface area contributed by atoms with Crippen LogP contribution in [0.2, 0.25) is 0 Å². The van der Waals surface area contributed by atoms with Crippen LogP contribution in [0.4, 0.5) is 17.2 Å². The number of nitrogens with zero attached hydrogens (tertiary/aromatic N) is 3. The molecule has 2 aromatic heterocycles. The topological polar surface area (TPSA) is 110 Å². The monoisotopic (exact) mass is 426 g/mol. The number of rotatable bonds is 7. The van der Waals surface area contributed by atoms with Crippen LogP contribution in [0, 0.1) is 5.92 Å². The number of aromatic nitrogens is 3. The van der Waals surface area contributed by atoms with Crippen LogP contribution < -0.4 is 20.7 Å². The van der Waals surface area contributed by atoms with Crippen molar-refractivity contribution in [1.82, 2.24) is 20.1 Å². The SMILES string of the molecule is [2H]C([2H])([2H])NC(=O)c1cnc(NC(=O)C2CC2)cc1Nc1ccc2cnn(C3CC3)c2c1OC([2H])([2H])[2H]. The molecular formula is C22H24N6O3. The summed E-state index contributed by atoms with van der Waals surface area (Å²) in [5, 5.41) is 12.7. The van der Waals surface area contributed by atoms with E-state index in [0.717, 1.165) is 31.9 Å². The number of nitrogens with one attached hydrogen (secondary N) is 3. The average Bonchev–Trinajstić information content (AvgIpc) is 3.71. The van der Waals surface area contributed by atoms with Crippen molar-refractivity contribution in [1.29, 1.82) is 0 Å². The maximum Gasteiger partial charge on any atom is 0.254 e. The molecule has 3 N–H and O–H groups in total. The number of methoxy groups -OCH3 is 1. The summed E-state index contributed by atoms with van der Waals surface area (Å²) in [6.45, 7) is -2.75. The number of pyridine rings is 1. The lowest BCUT2D eigenvalue weighted by molar-refractivity contribution is -0.117. The third-order valence-corrected chi connectivity index (χ3v) is 5.44. The van der Waals surface area contributed by atoms with Gasteiger partial charge in [-0.05, 0) is 37.8 Å². The second-order valence-electron chi connectivity index (χ2n) is 7.76. The third-order valence-electron chi connectivity index (χ3n) is 5.44. The van der Waals surface area contributed by atoms with Gasteiger partial charge in [-0.15, -0.1) is 0 Å². The van der Waals surface area contributed by atoms with Crippen LogP contribution in [0.15, 0.2) is 30.6 Å². The Morgan fingerprint density at radius 2 is 2.06 bits per heavy atom. The number of anilines is 3. The molecule has 3 aromatic rings. The Hall–Kier alpha value is -3.62. The van der Waals surface area contributed by atoms with Crippen LogP contribution in [0.25, 0.3) is 10.9 Å². The van der Waals surface area contributed by atoms with Gasteiger partial charge in [0, 0.05) is 34.7 Å². The highest BCUT2D eigenvalue weighted by atomic mass is 16.5. The van der Waals surface area contributed by atoms with Gasteiger partial charge in [-0.3, -0.25) is 14.3 Å². The molecule has 2 fully saturated rings. The largest absolute Gasteiger partial charge is 0.492 e. The van der Waals surface area contributed by atoms with E-state index in [1.807, 2.05) is 5.32 Å². The predicted molar refractivity (Wildman–Crippen MR) is 117 cm³/mol. The number of hydrogen-bond donors (Lipinski definition) is 3. The highest BCUT2D eigenvalue weighted by molar-refractivity contribution is 6.02. The number of hydrogen-bond acceptors (Lipinski definition) is 6. The van der Waals surface area contributed by atoms with E-state index in [1.165, 1.54) is 6.07 Å². The van der Waals surface area contributed by atoms with Crippen molar-refractivity contribution in [2.75, 3.05) is 24.6 Å². The van der Waals surface area contributed by atoms with E-state index < -0.39 is 19.9 Å². The van der Waals surface area contributed by atoms with Gasteiger partial charge < -0.3 is 20.7 Å². The van der Waals surface area contributed by atoms with Crippen LogP contribution in [0.5, 0.6) is 5.75 Å². The van der Waals surface area contributed by atoms with Crippen molar-refractivity contribution >= 4 is 39.9 Å². The number of ether oxygens (including phenoxy) is 1. The van der Waals surface area contributed by atoms with Gasteiger partial charge in [-0.2, -0.15) is 5.10 Å². The number of carbonyl (C=O) groups is 2. The zero-order valence-corrected chi connectivity index (χ0v) is 16.4. The first-order valence-corrected chi connectivity index (χ1v) is 9.98. The Morgan fingerprint density at radius 1 is 1.19 bits per heavy atom. The van der Waals surface area contributed by atoms with Gasteiger partial charge >= 0.3 is 0 Å². The summed E-state index contributed by atoms with van der Waals surface area (Å²) < 4.78 is 52.4. The third kappa shape index (κ3) is 3.67. The summed E-state index contributed by atoms with van der Waals surface area (Å²) in [4.78, 5) is 29.2. The molecule has 5 rings (SSSR count). The normalized spacial score (nSPS) is 19.2. The zero-order chi connectivity index (χ0) is 26.5. The molecule has 1 aromatic carbocycles. The van der Waals surface area contributed by atoms with Crippen LogP contribution in [0.1, 0.15) is 50.3 Å². The molecule has 2 aliphatic carbocycles. The van der Waals surface area contributed by atoms with Gasteiger partial charge in [0.2, 0.25) is 5.91 Å². The summed E-state index contributed by atoms with van der Waals surface area (Å²) in [6.07, 6.45) is 6.12. The molecular weight excluding hydrogens is 396 g/mol. The number of amides is 2. The predicted octanol–water partition coefficient (Wildman–Crippen LogP) is 3.23. The minimum absolute atomic E-state index is 0.00413. The van der Waals surface area contributed by atoms with Gasteiger partial charge in [0.25, 0.3) is 5.91 Å². The molecule has 0 radical (unpaired) electrons. The highest BCUT2D eigenvalue weighted by Gasteiger charge is 2.30. The molecule has 31 heavy (non-hydrogen) atoms. The fourth-order valence-corrected chi connectivity index (χ4v) is 3.50. The second kappa shape index (κ2) is 7.57. The molecule has 2 heterocycles. The fourth-order valence-electron chi connectivity index (χ4n) is 3.50. The molecule has 0 saturated heterocycles. The Morgan fingerprint density at radius 3 is 2.81 bits per heavy atom. The van der Waals surface area contributed by atoms with Gasteiger partial charge in [-0.1, -0.05) is 0 Å². The summed E-state index contributed by atoms with van der Waals surface area (Å²) >= 11 is 0. The molecule has 2 aliphatic rings. The van der Waals surface area contributed by atoms with Gasteiger partial charge in [0.1, 0.15) is 11.3 Å². The number of carbonyl (C=O) groups excluding carboxylic acids is 2. The number of benzene rings is 1. The van der Waals surface area contributed by atoms with E-state index >= 15 is 0 Å². The summed E-state index contributed by atoms with van der Waals surface area (Å²) in [5.41, 5.74) is 0.652. The van der Waals surface area contributed by atoms with Gasteiger partial charge in [0.05, 0.1) is 40.3 Å². The van der Waals surface area contributed by atoms with E-state index in [4.69, 9.17) is 13.0 Å². The molecule has 160 valence electrons. The highest BCUT2D eigenvalue weighted by Crippen LogP contribution is 2.42.